The minimum Gasteiger partial charge on any atom is -0.314 e. The first-order valence-electron chi connectivity index (χ1n) is 8.39. The third kappa shape index (κ3) is 13.1. The lowest BCUT2D eigenvalue weighted by Crippen LogP contribution is -2.61. The van der Waals surface area contributed by atoms with Gasteiger partial charge in [-0.25, -0.2) is 0 Å². The number of hydrogen-bond donors (Lipinski definition) is 2. The summed E-state index contributed by atoms with van der Waals surface area (Å²) < 4.78 is 0.458. The van der Waals surface area contributed by atoms with Crippen molar-refractivity contribution in [2.75, 3.05) is 6.54 Å². The lowest BCUT2D eigenvalue weighted by Gasteiger charge is -2.46. The second kappa shape index (κ2) is 10.6. The van der Waals surface area contributed by atoms with Crippen LogP contribution in [0.1, 0.15) is 80.1 Å². The second-order valence-electron chi connectivity index (χ2n) is 7.53. The summed E-state index contributed by atoms with van der Waals surface area (Å²) in [5.41, 5.74) is 0.533. The molecule has 0 radical (unpaired) electrons. The monoisotopic (exact) mass is 426 g/mol. The zero-order valence-electron chi connectivity index (χ0n) is 14.9. The molecule has 0 bridgehead atoms. The molecule has 0 saturated carbocycles. The predicted octanol–water partition coefficient (Wildman–Crippen LogP) is 5.59. The van der Waals surface area contributed by atoms with Crippen molar-refractivity contribution < 1.29 is 0 Å². The molecule has 1 rings (SSSR count). The van der Waals surface area contributed by atoms with E-state index in [1.165, 1.54) is 45.1 Å². The molecule has 0 aromatic heterocycles. The van der Waals surface area contributed by atoms with E-state index in [1.807, 2.05) is 6.92 Å². The Kier molecular flexibility index (Phi) is 11.1. The van der Waals surface area contributed by atoms with E-state index in [0.29, 0.717) is 9.78 Å². The van der Waals surface area contributed by atoms with Gasteiger partial charge in [0.2, 0.25) is 0 Å². The minimum absolute atomic E-state index is 0.267. The smallest absolute Gasteiger partial charge is 0.0669 e. The number of rotatable bonds is 6. The Morgan fingerprint density at radius 1 is 1.05 bits per heavy atom. The molecule has 21 heavy (non-hydrogen) atoms. The van der Waals surface area contributed by atoms with Crippen LogP contribution in [0.5, 0.6) is 0 Å². The number of halogens is 2. The molecule has 2 N–H and O–H groups in total. The summed E-state index contributed by atoms with van der Waals surface area (Å²) in [7, 11) is 0. The number of nitrogens with one attached hydrogen (secondary N) is 2. The number of hydrogen-bond acceptors (Lipinski definition) is 2. The van der Waals surface area contributed by atoms with Gasteiger partial charge in [0.1, 0.15) is 0 Å². The van der Waals surface area contributed by atoms with Crippen LogP contribution in [0.2, 0.25) is 0 Å². The van der Waals surface area contributed by atoms with Crippen molar-refractivity contribution >= 4 is 31.9 Å². The van der Waals surface area contributed by atoms with E-state index in [-0.39, 0.29) is 11.1 Å². The van der Waals surface area contributed by atoms with E-state index in [9.17, 15) is 0 Å². The van der Waals surface area contributed by atoms with Crippen molar-refractivity contribution in [3.8, 4) is 0 Å². The molecule has 4 heteroatoms. The van der Waals surface area contributed by atoms with E-state index in [2.05, 4.69) is 77.1 Å². The van der Waals surface area contributed by atoms with Crippen LogP contribution in [0.4, 0.5) is 0 Å². The van der Waals surface area contributed by atoms with E-state index in [4.69, 9.17) is 0 Å². The van der Waals surface area contributed by atoms with Gasteiger partial charge in [-0.1, -0.05) is 58.0 Å². The fourth-order valence-corrected chi connectivity index (χ4v) is 3.32. The molecule has 1 heterocycles. The molecule has 2 nitrogen and oxygen atoms in total. The SMILES string of the molecule is CC(Br)Br.CCCCCCNC1CC(C)(C)NC(C)(C)C1. The maximum Gasteiger partial charge on any atom is 0.0669 e. The first kappa shape index (κ1) is 21.9. The summed E-state index contributed by atoms with van der Waals surface area (Å²) >= 11 is 6.38. The van der Waals surface area contributed by atoms with E-state index in [1.54, 1.807) is 0 Å². The van der Waals surface area contributed by atoms with Crippen LogP contribution in [-0.2, 0) is 0 Å². The van der Waals surface area contributed by atoms with Gasteiger partial charge in [-0.2, -0.15) is 0 Å². The normalized spacial score (nSPS) is 21.0. The highest BCUT2D eigenvalue weighted by Crippen LogP contribution is 2.28. The molecule has 128 valence electrons. The predicted molar refractivity (Wildman–Crippen MR) is 104 cm³/mol. The second-order valence-corrected chi connectivity index (χ2v) is 11.5. The Hall–Kier alpha value is 0.880. The summed E-state index contributed by atoms with van der Waals surface area (Å²) in [5.74, 6) is 0. The zero-order valence-corrected chi connectivity index (χ0v) is 18.0. The molecule has 0 aromatic carbocycles. The first-order chi connectivity index (χ1) is 9.58. The number of alkyl halides is 2. The molecule has 1 fully saturated rings. The molecule has 1 aliphatic heterocycles. The van der Waals surface area contributed by atoms with Crippen molar-refractivity contribution in [2.45, 2.75) is 101 Å². The van der Waals surface area contributed by atoms with Crippen LogP contribution in [0.3, 0.4) is 0 Å². The van der Waals surface area contributed by atoms with Crippen molar-refractivity contribution in [2.24, 2.45) is 0 Å². The summed E-state index contributed by atoms with van der Waals surface area (Å²) in [6, 6.07) is 0.683. The van der Waals surface area contributed by atoms with Gasteiger partial charge in [-0.15, -0.1) is 0 Å². The maximum absolute atomic E-state index is 3.75. The van der Waals surface area contributed by atoms with Gasteiger partial charge in [0, 0.05) is 17.1 Å². The highest BCUT2D eigenvalue weighted by Gasteiger charge is 2.37. The molecule has 0 atom stereocenters. The highest BCUT2D eigenvalue weighted by molar-refractivity contribution is 9.24. The average Bonchev–Trinajstić information content (AvgIpc) is 2.23. The molecule has 0 aromatic rings. The first-order valence-corrected chi connectivity index (χ1v) is 10.2. The Balaban J connectivity index is 0.000000885. The third-order valence-corrected chi connectivity index (χ3v) is 3.65. The van der Waals surface area contributed by atoms with Gasteiger partial charge in [-0.3, -0.25) is 0 Å². The minimum atomic E-state index is 0.267. The van der Waals surface area contributed by atoms with Gasteiger partial charge >= 0.3 is 0 Å². The molecular weight excluding hydrogens is 392 g/mol. The van der Waals surface area contributed by atoms with Crippen molar-refractivity contribution in [3.63, 3.8) is 0 Å². The van der Waals surface area contributed by atoms with Crippen molar-refractivity contribution in [1.82, 2.24) is 10.6 Å². The maximum atomic E-state index is 3.75. The van der Waals surface area contributed by atoms with Crippen LogP contribution in [0.25, 0.3) is 0 Å². The zero-order chi connectivity index (χ0) is 16.5. The van der Waals surface area contributed by atoms with Gasteiger partial charge in [0.15, 0.2) is 0 Å². The van der Waals surface area contributed by atoms with Gasteiger partial charge in [0.25, 0.3) is 0 Å². The lowest BCUT2D eigenvalue weighted by molar-refractivity contribution is 0.146. The average molecular weight is 428 g/mol. The summed E-state index contributed by atoms with van der Waals surface area (Å²) in [6.07, 6.45) is 7.90. The van der Waals surface area contributed by atoms with Gasteiger partial charge in [0.05, 0.1) is 3.74 Å². The Morgan fingerprint density at radius 3 is 1.95 bits per heavy atom. The Labute approximate surface area is 149 Å². The Morgan fingerprint density at radius 2 is 1.52 bits per heavy atom. The van der Waals surface area contributed by atoms with Crippen molar-refractivity contribution in [3.05, 3.63) is 0 Å². The third-order valence-electron chi connectivity index (χ3n) is 3.65. The summed E-state index contributed by atoms with van der Waals surface area (Å²) in [5, 5.41) is 7.48. The van der Waals surface area contributed by atoms with Gasteiger partial charge < -0.3 is 10.6 Å². The quantitative estimate of drug-likeness (QED) is 0.426. The van der Waals surface area contributed by atoms with Crippen molar-refractivity contribution in [1.29, 1.82) is 0 Å². The van der Waals surface area contributed by atoms with Gasteiger partial charge in [-0.05, 0) is 60.4 Å². The lowest BCUT2D eigenvalue weighted by atomic mass is 9.79. The van der Waals surface area contributed by atoms with Crippen LogP contribution >= 0.6 is 31.9 Å². The Bertz CT molecular complexity index is 247. The molecular formula is C17H36Br2N2. The summed E-state index contributed by atoms with van der Waals surface area (Å²) in [4.78, 5) is 0. The standard InChI is InChI=1S/C15H32N2.C2H4Br2/c1-6-7-8-9-10-16-13-11-14(2,3)17-15(4,5)12-13;1-2(3)4/h13,16-17H,6-12H2,1-5H3;2H,1H3. The largest absolute Gasteiger partial charge is 0.314 e. The van der Waals surface area contributed by atoms with Crippen LogP contribution < -0.4 is 10.6 Å². The van der Waals surface area contributed by atoms with E-state index in [0.717, 1.165) is 0 Å². The number of piperidine rings is 1. The van der Waals surface area contributed by atoms with Crippen LogP contribution in [0, 0.1) is 0 Å². The highest BCUT2D eigenvalue weighted by atomic mass is 79.9. The number of unbranched alkanes of at least 4 members (excludes halogenated alkanes) is 3. The summed E-state index contributed by atoms with van der Waals surface area (Å²) in [6.45, 7) is 14.7. The van der Waals surface area contributed by atoms with Crippen LogP contribution in [0.15, 0.2) is 0 Å². The van der Waals surface area contributed by atoms with E-state index >= 15 is 0 Å². The van der Waals surface area contributed by atoms with E-state index < -0.39 is 0 Å². The van der Waals surface area contributed by atoms with Crippen LogP contribution in [-0.4, -0.2) is 27.4 Å². The molecule has 0 unspecified atom stereocenters. The topological polar surface area (TPSA) is 24.1 Å². The fourth-order valence-electron chi connectivity index (χ4n) is 3.32. The molecule has 0 amide bonds. The fraction of sp³-hybridized carbons (Fsp3) is 1.00. The molecule has 0 aliphatic carbocycles. The molecule has 0 spiro atoms. The molecule has 1 saturated heterocycles. The molecule has 1 aliphatic rings.